The van der Waals surface area contributed by atoms with Crippen molar-refractivity contribution in [2.75, 3.05) is 37.2 Å². The SMILES string of the molecule is COc1ccc(CN(Cc2ccc(OC)cc2)c2cc(-c3nc4c5c(nc(OC[C@@H](C)C(=O)O)nc5c3F)N3C[C@H]5CC[C@@H]([C@H]3[C@H](C(F)(F)F)O4)N5C(=O)OC(C)(C)C)c(C(F)(F)F)c(C)c2F)cc1. The Morgan fingerprint density at radius 3 is 2.01 bits per heavy atom. The van der Waals surface area contributed by atoms with E-state index in [-0.39, 0.29) is 32.5 Å². The molecule has 5 atom stereocenters. The Bertz CT molecular complexity index is 2760. The number of alkyl halides is 6. The van der Waals surface area contributed by atoms with E-state index >= 15 is 35.1 Å². The van der Waals surface area contributed by atoms with Gasteiger partial charge in [-0.25, -0.2) is 18.6 Å². The van der Waals surface area contributed by atoms with E-state index in [4.69, 9.17) is 23.7 Å². The molecular weight excluding hydrogens is 941 g/mol. The van der Waals surface area contributed by atoms with Crippen LogP contribution in [0.3, 0.4) is 0 Å². The third-order valence-electron chi connectivity index (χ3n) is 12.5. The first kappa shape index (κ1) is 49.5. The Balaban J connectivity index is 1.37. The number of ether oxygens (including phenoxy) is 5. The molecule has 8 rings (SSSR count). The number of carbonyl (C=O) groups excluding carboxylic acids is 1. The third-order valence-corrected chi connectivity index (χ3v) is 12.5. The Labute approximate surface area is 396 Å². The van der Waals surface area contributed by atoms with Gasteiger partial charge in [0.2, 0.25) is 12.0 Å². The molecule has 1 N–H and O–H groups in total. The van der Waals surface area contributed by atoms with Crippen LogP contribution in [0.5, 0.6) is 23.4 Å². The Morgan fingerprint density at radius 1 is 0.886 bits per heavy atom. The lowest BCUT2D eigenvalue weighted by Crippen LogP contribution is -2.68. The number of rotatable bonds is 12. The molecule has 2 bridgehead atoms. The summed E-state index contributed by atoms with van der Waals surface area (Å²) in [4.78, 5) is 41.9. The average Bonchev–Trinajstić information content (AvgIpc) is 3.53. The van der Waals surface area contributed by atoms with Crippen molar-refractivity contribution in [2.24, 2.45) is 5.92 Å². The lowest BCUT2D eigenvalue weighted by Gasteiger charge is -2.48. The number of pyridine rings is 1. The van der Waals surface area contributed by atoms with Gasteiger partial charge in [-0.2, -0.15) is 36.3 Å². The number of aromatic nitrogens is 3. The second-order valence-electron chi connectivity index (χ2n) is 18.4. The molecule has 70 heavy (non-hydrogen) atoms. The van der Waals surface area contributed by atoms with Crippen molar-refractivity contribution in [3.63, 3.8) is 0 Å². The lowest BCUT2D eigenvalue weighted by atomic mass is 9.95. The zero-order valence-corrected chi connectivity index (χ0v) is 38.8. The van der Waals surface area contributed by atoms with Gasteiger partial charge in [-0.05, 0) is 94.5 Å². The number of methoxy groups -OCH3 is 2. The van der Waals surface area contributed by atoms with Crippen LogP contribution in [0.25, 0.3) is 22.2 Å². The monoisotopic (exact) mass is 988 g/mol. The maximum absolute atomic E-state index is 17.8. The van der Waals surface area contributed by atoms with Crippen LogP contribution in [0.15, 0.2) is 54.6 Å². The van der Waals surface area contributed by atoms with Crippen LogP contribution in [-0.4, -0.2) is 100 Å². The van der Waals surface area contributed by atoms with Crippen molar-refractivity contribution in [2.45, 2.75) is 103 Å². The van der Waals surface area contributed by atoms with Crippen LogP contribution in [0, 0.1) is 24.5 Å². The van der Waals surface area contributed by atoms with E-state index < -0.39 is 135 Å². The van der Waals surface area contributed by atoms with Gasteiger partial charge in [-0.1, -0.05) is 24.3 Å². The van der Waals surface area contributed by atoms with E-state index in [9.17, 15) is 14.7 Å². The average molecular weight is 989 g/mol. The van der Waals surface area contributed by atoms with Crippen molar-refractivity contribution < 1.29 is 73.5 Å². The first-order chi connectivity index (χ1) is 32.9. The number of amides is 1. The van der Waals surface area contributed by atoms with Crippen molar-refractivity contribution in [3.05, 3.63) is 88.5 Å². The maximum atomic E-state index is 17.8. The summed E-state index contributed by atoms with van der Waals surface area (Å²) in [7, 11) is 2.90. The fourth-order valence-electron chi connectivity index (χ4n) is 9.22. The number of halogens is 8. The number of hydrogen-bond acceptors (Lipinski definition) is 12. The molecule has 2 fully saturated rings. The Kier molecular flexibility index (Phi) is 13.1. The van der Waals surface area contributed by atoms with Gasteiger partial charge >= 0.3 is 30.4 Å². The van der Waals surface area contributed by atoms with E-state index in [1.165, 1.54) is 35.8 Å². The molecule has 3 aromatic carbocycles. The van der Waals surface area contributed by atoms with Crippen LogP contribution < -0.4 is 28.7 Å². The highest BCUT2D eigenvalue weighted by Gasteiger charge is 2.61. The number of nitrogens with zero attached hydrogens (tertiary/aromatic N) is 6. The van der Waals surface area contributed by atoms with Crippen molar-refractivity contribution in [1.82, 2.24) is 19.9 Å². The molecule has 1 amide bonds. The summed E-state index contributed by atoms with van der Waals surface area (Å²) in [6.45, 7) is 5.66. The summed E-state index contributed by atoms with van der Waals surface area (Å²) in [5, 5.41) is 9.02. The third kappa shape index (κ3) is 9.55. The van der Waals surface area contributed by atoms with E-state index in [1.54, 1.807) is 69.3 Å². The largest absolute Gasteiger partial charge is 0.497 e. The van der Waals surface area contributed by atoms with Gasteiger partial charge in [-0.3, -0.25) is 9.69 Å². The molecule has 2 aromatic heterocycles. The van der Waals surface area contributed by atoms with E-state index in [0.717, 1.165) is 13.0 Å². The van der Waals surface area contributed by atoms with E-state index in [2.05, 4.69) is 15.0 Å². The van der Waals surface area contributed by atoms with Crippen LogP contribution in [-0.2, 0) is 28.8 Å². The second kappa shape index (κ2) is 18.5. The van der Waals surface area contributed by atoms with Crippen molar-refractivity contribution in [1.29, 1.82) is 0 Å². The highest BCUT2D eigenvalue weighted by Crippen LogP contribution is 2.51. The van der Waals surface area contributed by atoms with Gasteiger partial charge in [0.25, 0.3) is 0 Å². The van der Waals surface area contributed by atoms with Crippen LogP contribution >= 0.6 is 0 Å². The maximum Gasteiger partial charge on any atom is 0.427 e. The number of aliphatic carboxylic acids is 1. The first-order valence-electron chi connectivity index (χ1n) is 22.1. The van der Waals surface area contributed by atoms with Crippen LogP contribution in [0.4, 0.5) is 51.4 Å². The normalized spacial score (nSPS) is 19.2. The molecule has 0 radical (unpaired) electrons. The Hall–Kier alpha value is -6.87. The molecule has 0 aliphatic carbocycles. The second-order valence-corrected chi connectivity index (χ2v) is 18.4. The number of carboxylic acid groups (broad SMARTS) is 1. The smallest absolute Gasteiger partial charge is 0.427 e. The molecule has 374 valence electrons. The van der Waals surface area contributed by atoms with Gasteiger partial charge in [0, 0.05) is 25.2 Å². The molecule has 2 saturated heterocycles. The predicted molar refractivity (Wildman–Crippen MR) is 237 cm³/mol. The number of piperazine rings is 1. The summed E-state index contributed by atoms with van der Waals surface area (Å²) in [6, 6.07) is 9.27. The molecule has 5 aromatic rings. The number of carboxylic acids is 1. The highest BCUT2D eigenvalue weighted by molar-refractivity contribution is 5.98. The minimum absolute atomic E-state index is 0.0221. The summed E-state index contributed by atoms with van der Waals surface area (Å²) in [5.41, 5.74) is -6.24. The fraction of sp³-hybridized carbons (Fsp3) is 0.438. The first-order valence-corrected chi connectivity index (χ1v) is 22.1. The van der Waals surface area contributed by atoms with Crippen molar-refractivity contribution >= 4 is 34.5 Å². The number of carbonyl (C=O) groups is 2. The minimum atomic E-state index is -5.41. The standard InChI is InChI=1S/C48H48F8N6O8/c1-23(43(63)64)22-68-44-58-38-33-41(59-44)61-21-27-12-17-31(62(27)45(65)70-46(3,4)5)39(61)40(48(54,55)56)69-42(33)57-37(36(38)50)30-18-32(35(49)24(2)34(30)47(51,52)53)60(19-25-8-13-28(66-6)14-9-25)20-26-10-15-29(67-7)16-11-26/h8-11,13-16,18,23,27,31,39-40H,12,17,19-22H2,1-7H3,(H,63,64)/t23-,27-,31+,39+,40-/m1/s1. The van der Waals surface area contributed by atoms with Crippen LogP contribution in [0.1, 0.15) is 62.8 Å². The minimum Gasteiger partial charge on any atom is -0.497 e. The highest BCUT2D eigenvalue weighted by atomic mass is 19.4. The molecule has 3 aliphatic heterocycles. The van der Waals surface area contributed by atoms with Gasteiger partial charge in [0.1, 0.15) is 51.9 Å². The molecule has 14 nitrogen and oxygen atoms in total. The van der Waals surface area contributed by atoms with Crippen molar-refractivity contribution in [3.8, 4) is 34.6 Å². The molecular formula is C48H48F8N6O8. The number of fused-ring (bicyclic) bond motifs is 5. The quantitative estimate of drug-likeness (QED) is 0.118. The van der Waals surface area contributed by atoms with Gasteiger partial charge in [-0.15, -0.1) is 0 Å². The predicted octanol–water partition coefficient (Wildman–Crippen LogP) is 9.90. The van der Waals surface area contributed by atoms with Gasteiger partial charge in [0.05, 0.1) is 49.5 Å². The summed E-state index contributed by atoms with van der Waals surface area (Å²) >= 11 is 0. The fourth-order valence-corrected chi connectivity index (χ4v) is 9.22. The van der Waals surface area contributed by atoms with Gasteiger partial charge < -0.3 is 38.6 Å². The molecule has 3 aliphatic rings. The van der Waals surface area contributed by atoms with E-state index in [1.807, 2.05) is 0 Å². The van der Waals surface area contributed by atoms with Gasteiger partial charge in [0.15, 0.2) is 5.82 Å². The van der Waals surface area contributed by atoms with E-state index in [0.29, 0.717) is 22.6 Å². The van der Waals surface area contributed by atoms with Crippen LogP contribution in [0.2, 0.25) is 0 Å². The molecule has 0 unspecified atom stereocenters. The zero-order chi connectivity index (χ0) is 50.8. The number of benzene rings is 3. The zero-order valence-electron chi connectivity index (χ0n) is 38.8. The Morgan fingerprint density at radius 2 is 1.49 bits per heavy atom. The molecule has 0 spiro atoms. The lowest BCUT2D eigenvalue weighted by molar-refractivity contribution is -0.206. The summed E-state index contributed by atoms with van der Waals surface area (Å²) < 4.78 is 156. The number of anilines is 2. The topological polar surface area (TPSA) is 149 Å². The number of hydrogen-bond donors (Lipinski definition) is 1. The summed E-state index contributed by atoms with van der Waals surface area (Å²) in [6.07, 6.45) is -14.2. The molecule has 0 saturated carbocycles. The summed E-state index contributed by atoms with van der Waals surface area (Å²) in [5.74, 6) is -5.93. The molecule has 5 heterocycles. The molecule has 22 heteroatoms.